The fourth-order valence-corrected chi connectivity index (χ4v) is 4.99. The van der Waals surface area contributed by atoms with Crippen LogP contribution in [0, 0.1) is 6.92 Å². The summed E-state index contributed by atoms with van der Waals surface area (Å²) in [6.07, 6.45) is 3.65. The Labute approximate surface area is 180 Å². The van der Waals surface area contributed by atoms with E-state index in [1.807, 2.05) is 12.1 Å². The molecular weight excluding hydrogens is 398 g/mol. The summed E-state index contributed by atoms with van der Waals surface area (Å²) in [5.74, 6) is 0.871. The van der Waals surface area contributed by atoms with Crippen molar-refractivity contribution in [2.75, 3.05) is 42.9 Å². The van der Waals surface area contributed by atoms with Crippen molar-refractivity contribution in [1.82, 2.24) is 14.9 Å². The van der Waals surface area contributed by atoms with Crippen LogP contribution in [-0.4, -0.2) is 47.6 Å². The molecule has 1 fully saturated rings. The zero-order chi connectivity index (χ0) is 20.7. The fourth-order valence-electron chi connectivity index (χ4n) is 4.74. The Hall–Kier alpha value is -2.57. The molecule has 7 heteroatoms. The molecular formula is C23H26ClN5O. The van der Waals surface area contributed by atoms with Crippen molar-refractivity contribution in [2.45, 2.75) is 26.3 Å². The molecule has 5 rings (SSSR count). The van der Waals surface area contributed by atoms with E-state index in [1.54, 1.807) is 6.20 Å². The average molecular weight is 424 g/mol. The van der Waals surface area contributed by atoms with Gasteiger partial charge in [-0.15, -0.1) is 0 Å². The van der Waals surface area contributed by atoms with Gasteiger partial charge in [0.1, 0.15) is 5.82 Å². The number of halogens is 1. The lowest BCUT2D eigenvalue weighted by Gasteiger charge is -2.35. The number of aryl methyl sites for hydroxylation is 1. The van der Waals surface area contributed by atoms with E-state index in [9.17, 15) is 4.79 Å². The number of nitrogens with one attached hydrogen (secondary N) is 2. The van der Waals surface area contributed by atoms with Gasteiger partial charge in [0, 0.05) is 56.4 Å². The van der Waals surface area contributed by atoms with E-state index in [0.717, 1.165) is 80.1 Å². The van der Waals surface area contributed by atoms with Crippen molar-refractivity contribution < 1.29 is 0 Å². The summed E-state index contributed by atoms with van der Waals surface area (Å²) >= 11 is 6.31. The van der Waals surface area contributed by atoms with Crippen molar-refractivity contribution in [3.63, 3.8) is 0 Å². The lowest BCUT2D eigenvalue weighted by molar-refractivity contribution is 0.249. The lowest BCUT2D eigenvalue weighted by Crippen LogP contribution is -2.46. The second kappa shape index (κ2) is 7.93. The number of fused-ring (bicyclic) bond motifs is 3. The molecule has 1 saturated heterocycles. The zero-order valence-corrected chi connectivity index (χ0v) is 17.9. The molecule has 0 saturated carbocycles. The first kappa shape index (κ1) is 19.4. The molecule has 2 aromatic heterocycles. The molecule has 0 spiro atoms. The van der Waals surface area contributed by atoms with Gasteiger partial charge in [-0.1, -0.05) is 17.7 Å². The number of rotatable bonds is 3. The van der Waals surface area contributed by atoms with Crippen LogP contribution in [0.25, 0.3) is 10.9 Å². The second-order valence-electron chi connectivity index (χ2n) is 8.25. The summed E-state index contributed by atoms with van der Waals surface area (Å²) in [4.78, 5) is 24.8. The number of benzene rings is 1. The summed E-state index contributed by atoms with van der Waals surface area (Å²) in [5.41, 5.74) is 5.35. The van der Waals surface area contributed by atoms with E-state index in [0.29, 0.717) is 5.02 Å². The first-order chi connectivity index (χ1) is 14.6. The number of pyridine rings is 2. The number of piperazine rings is 1. The van der Waals surface area contributed by atoms with Crippen LogP contribution in [0.4, 0.5) is 11.5 Å². The highest BCUT2D eigenvalue weighted by atomic mass is 35.5. The Balaban J connectivity index is 1.35. The number of H-pyrrole nitrogens is 1. The normalized spacial score (nSPS) is 17.1. The van der Waals surface area contributed by atoms with Crippen molar-refractivity contribution in [3.8, 4) is 0 Å². The molecule has 4 heterocycles. The minimum Gasteiger partial charge on any atom is -0.384 e. The van der Waals surface area contributed by atoms with Gasteiger partial charge < -0.3 is 15.2 Å². The molecule has 0 radical (unpaired) electrons. The van der Waals surface area contributed by atoms with E-state index in [2.05, 4.69) is 44.1 Å². The first-order valence-corrected chi connectivity index (χ1v) is 11.0. The van der Waals surface area contributed by atoms with Crippen LogP contribution in [0.3, 0.4) is 0 Å². The molecule has 6 nitrogen and oxygen atoms in total. The van der Waals surface area contributed by atoms with Gasteiger partial charge in [-0.2, -0.15) is 0 Å². The van der Waals surface area contributed by atoms with Gasteiger partial charge in [0.15, 0.2) is 0 Å². The fraction of sp³-hybridized carbons (Fsp3) is 0.391. The van der Waals surface area contributed by atoms with Crippen molar-refractivity contribution in [2.24, 2.45) is 0 Å². The maximum Gasteiger partial charge on any atom is 0.253 e. The number of nitrogens with zero attached hydrogens (tertiary/aromatic N) is 3. The molecule has 3 aromatic rings. The van der Waals surface area contributed by atoms with Crippen LogP contribution in [0.5, 0.6) is 0 Å². The van der Waals surface area contributed by atoms with Gasteiger partial charge in [0.05, 0.1) is 16.2 Å². The Kier molecular flexibility index (Phi) is 5.13. The van der Waals surface area contributed by atoms with Gasteiger partial charge in [0.2, 0.25) is 0 Å². The van der Waals surface area contributed by atoms with Gasteiger partial charge in [-0.3, -0.25) is 9.69 Å². The monoisotopic (exact) mass is 423 g/mol. The molecule has 156 valence electrons. The molecule has 0 unspecified atom stereocenters. The minimum atomic E-state index is 0.0436. The Bertz CT molecular complexity index is 1150. The molecule has 2 aliphatic heterocycles. The predicted octanol–water partition coefficient (Wildman–Crippen LogP) is 3.57. The number of aromatic amines is 1. The first-order valence-electron chi connectivity index (χ1n) is 10.6. The average Bonchev–Trinajstić information content (AvgIpc) is 2.75. The van der Waals surface area contributed by atoms with Crippen LogP contribution in [0.2, 0.25) is 5.02 Å². The van der Waals surface area contributed by atoms with Crippen LogP contribution >= 0.6 is 11.6 Å². The molecule has 2 aliphatic rings. The Morgan fingerprint density at radius 2 is 2.03 bits per heavy atom. The van der Waals surface area contributed by atoms with E-state index in [4.69, 9.17) is 11.6 Å². The lowest BCUT2D eigenvalue weighted by atomic mass is 9.97. The third-order valence-electron chi connectivity index (χ3n) is 6.19. The molecule has 2 N–H and O–H groups in total. The molecule has 0 aliphatic carbocycles. The number of hydrogen-bond donors (Lipinski definition) is 2. The van der Waals surface area contributed by atoms with Crippen LogP contribution in [0.1, 0.15) is 23.1 Å². The molecule has 0 atom stereocenters. The number of aromatic nitrogens is 2. The SMILES string of the molecule is Cc1cc(CN2CCN(c3ncccc3Cl)CC2)cc2[nH]c(=O)c3c(c12)NCCC3. The van der Waals surface area contributed by atoms with Crippen LogP contribution in [0.15, 0.2) is 35.3 Å². The summed E-state index contributed by atoms with van der Waals surface area (Å²) in [7, 11) is 0. The quantitative estimate of drug-likeness (QED) is 0.674. The number of anilines is 2. The van der Waals surface area contributed by atoms with Gasteiger partial charge in [0.25, 0.3) is 5.56 Å². The third-order valence-corrected chi connectivity index (χ3v) is 6.49. The van der Waals surface area contributed by atoms with E-state index in [-0.39, 0.29) is 5.56 Å². The van der Waals surface area contributed by atoms with Crippen molar-refractivity contribution in [3.05, 3.63) is 62.5 Å². The summed E-state index contributed by atoms with van der Waals surface area (Å²) in [6, 6.07) is 8.16. The highest BCUT2D eigenvalue weighted by Crippen LogP contribution is 2.31. The van der Waals surface area contributed by atoms with Crippen molar-refractivity contribution >= 4 is 34.0 Å². The van der Waals surface area contributed by atoms with E-state index < -0.39 is 0 Å². The largest absolute Gasteiger partial charge is 0.384 e. The zero-order valence-electron chi connectivity index (χ0n) is 17.2. The second-order valence-corrected chi connectivity index (χ2v) is 8.65. The summed E-state index contributed by atoms with van der Waals surface area (Å²) < 4.78 is 0. The highest BCUT2D eigenvalue weighted by Gasteiger charge is 2.21. The van der Waals surface area contributed by atoms with Crippen molar-refractivity contribution in [1.29, 1.82) is 0 Å². The minimum absolute atomic E-state index is 0.0436. The topological polar surface area (TPSA) is 64.3 Å². The predicted molar refractivity (Wildman–Crippen MR) is 123 cm³/mol. The third kappa shape index (κ3) is 3.55. The standard InChI is InChI=1S/C23H26ClN5O/c1-15-12-16(13-19-20(15)21-17(23(30)27-19)4-2-6-25-21)14-28-8-10-29(11-9-28)22-18(24)5-3-7-26-22/h3,5,7,12-13,25H,2,4,6,8-11,14H2,1H3,(H,27,30). The van der Waals surface area contributed by atoms with Gasteiger partial charge in [-0.25, -0.2) is 4.98 Å². The van der Waals surface area contributed by atoms with Gasteiger partial charge >= 0.3 is 0 Å². The molecule has 1 aromatic carbocycles. The van der Waals surface area contributed by atoms with Crippen LogP contribution in [-0.2, 0) is 13.0 Å². The van der Waals surface area contributed by atoms with E-state index in [1.165, 1.54) is 11.1 Å². The summed E-state index contributed by atoms with van der Waals surface area (Å²) in [6.45, 7) is 7.64. The van der Waals surface area contributed by atoms with Crippen LogP contribution < -0.4 is 15.8 Å². The molecule has 0 bridgehead atoms. The Morgan fingerprint density at radius 3 is 2.83 bits per heavy atom. The molecule has 30 heavy (non-hydrogen) atoms. The smallest absolute Gasteiger partial charge is 0.253 e. The number of hydrogen-bond acceptors (Lipinski definition) is 5. The highest BCUT2D eigenvalue weighted by molar-refractivity contribution is 6.32. The van der Waals surface area contributed by atoms with Gasteiger partial charge in [-0.05, 0) is 49.1 Å². The Morgan fingerprint density at radius 1 is 1.20 bits per heavy atom. The maximum absolute atomic E-state index is 12.6. The molecule has 0 amide bonds. The summed E-state index contributed by atoms with van der Waals surface area (Å²) in [5, 5.41) is 5.32. The maximum atomic E-state index is 12.6. The van der Waals surface area contributed by atoms with E-state index >= 15 is 0 Å².